The summed E-state index contributed by atoms with van der Waals surface area (Å²) in [5, 5.41) is 1.67. The average molecular weight is 304 g/mol. The van der Waals surface area contributed by atoms with Gasteiger partial charge in [-0.2, -0.15) is 0 Å². The summed E-state index contributed by atoms with van der Waals surface area (Å²) < 4.78 is 2.17. The van der Waals surface area contributed by atoms with Gasteiger partial charge in [-0.3, -0.25) is 4.79 Å². The molecule has 0 unspecified atom stereocenters. The predicted molar refractivity (Wildman–Crippen MR) is 89.2 cm³/mol. The van der Waals surface area contributed by atoms with Crippen LogP contribution in [0.3, 0.4) is 0 Å². The Morgan fingerprint density at radius 2 is 1.79 bits per heavy atom. The van der Waals surface area contributed by atoms with E-state index in [0.717, 1.165) is 25.1 Å². The van der Waals surface area contributed by atoms with Crippen LogP contribution in [-0.2, 0) is 0 Å². The molecule has 0 saturated carbocycles. The zero-order valence-corrected chi connectivity index (χ0v) is 13.0. The van der Waals surface area contributed by atoms with Crippen molar-refractivity contribution in [3.05, 3.63) is 46.6 Å². The lowest BCUT2D eigenvalue weighted by atomic mass is 10.2. The summed E-state index contributed by atoms with van der Waals surface area (Å²) in [7, 11) is 0. The lowest BCUT2D eigenvalue weighted by molar-refractivity contribution is 1.41. The van der Waals surface area contributed by atoms with Crippen molar-refractivity contribution in [2.75, 3.05) is 12.5 Å². The van der Waals surface area contributed by atoms with Gasteiger partial charge in [0.25, 0.3) is 0 Å². The van der Waals surface area contributed by atoms with Crippen molar-refractivity contribution in [3.8, 4) is 0 Å². The monoisotopic (exact) mass is 304 g/mol. The fourth-order valence-electron chi connectivity index (χ4n) is 2.12. The third kappa shape index (κ3) is 2.18. The molecule has 3 rings (SSSR count). The number of fused-ring (bicyclic) bond motifs is 2. The number of hydrogen-bond donors (Lipinski definition) is 0. The van der Waals surface area contributed by atoms with Crippen molar-refractivity contribution < 1.29 is 0 Å². The second-order valence-electron chi connectivity index (χ2n) is 4.13. The summed E-state index contributed by atoms with van der Waals surface area (Å²) in [6.07, 6.45) is 4.10. The van der Waals surface area contributed by atoms with Crippen molar-refractivity contribution in [1.82, 2.24) is 0 Å². The third-order valence-corrected chi connectivity index (χ3v) is 5.89. The van der Waals surface area contributed by atoms with Gasteiger partial charge in [0.1, 0.15) is 0 Å². The molecular formula is C15H12OS3. The van der Waals surface area contributed by atoms with E-state index in [1.54, 1.807) is 34.9 Å². The molecule has 0 fully saturated rings. The molecule has 1 aromatic heterocycles. The summed E-state index contributed by atoms with van der Waals surface area (Å²) in [6, 6.07) is 12.0. The Balaban J connectivity index is 2.54. The van der Waals surface area contributed by atoms with Crippen molar-refractivity contribution in [2.24, 2.45) is 0 Å². The molecule has 0 radical (unpaired) electrons. The molecule has 1 nitrogen and oxygen atoms in total. The summed E-state index contributed by atoms with van der Waals surface area (Å²) in [6.45, 7) is 0. The van der Waals surface area contributed by atoms with E-state index in [4.69, 9.17) is 0 Å². The predicted octanol–water partition coefficient (Wildman–Crippen LogP) is 4.86. The maximum atomic E-state index is 12.6. The van der Waals surface area contributed by atoms with Crippen LogP contribution in [0.15, 0.2) is 51.0 Å². The number of thioether (sulfide) groups is 2. The Morgan fingerprint density at radius 1 is 1.00 bits per heavy atom. The van der Waals surface area contributed by atoms with Crippen LogP contribution in [0.1, 0.15) is 0 Å². The van der Waals surface area contributed by atoms with Gasteiger partial charge in [0.15, 0.2) is 5.43 Å². The van der Waals surface area contributed by atoms with Gasteiger partial charge in [-0.05, 0) is 36.8 Å². The average Bonchev–Trinajstić information content (AvgIpc) is 2.47. The van der Waals surface area contributed by atoms with E-state index in [1.165, 1.54) is 4.90 Å². The molecule has 4 heteroatoms. The minimum atomic E-state index is 0.149. The molecule has 0 aliphatic heterocycles. The molecule has 1 heterocycles. The largest absolute Gasteiger partial charge is 0.289 e. The number of benzene rings is 2. The minimum Gasteiger partial charge on any atom is -0.289 e. The van der Waals surface area contributed by atoms with E-state index >= 15 is 0 Å². The van der Waals surface area contributed by atoms with Gasteiger partial charge in [-0.15, -0.1) is 34.9 Å². The first-order valence-corrected chi connectivity index (χ1v) is 9.09. The third-order valence-electron chi connectivity index (χ3n) is 3.07. The van der Waals surface area contributed by atoms with Crippen molar-refractivity contribution in [3.63, 3.8) is 0 Å². The van der Waals surface area contributed by atoms with E-state index < -0.39 is 0 Å². The molecule has 0 N–H and O–H groups in total. The molecule has 0 aliphatic rings. The van der Waals surface area contributed by atoms with Crippen LogP contribution in [0, 0.1) is 0 Å². The van der Waals surface area contributed by atoms with Crippen LogP contribution in [0.25, 0.3) is 20.2 Å². The highest BCUT2D eigenvalue weighted by Crippen LogP contribution is 2.35. The van der Waals surface area contributed by atoms with Crippen molar-refractivity contribution in [2.45, 2.75) is 9.79 Å². The van der Waals surface area contributed by atoms with Gasteiger partial charge in [-0.25, -0.2) is 0 Å². The fraction of sp³-hybridized carbons (Fsp3) is 0.133. The number of rotatable bonds is 2. The molecule has 96 valence electrons. The van der Waals surface area contributed by atoms with Crippen LogP contribution in [0.2, 0.25) is 0 Å². The van der Waals surface area contributed by atoms with Crippen LogP contribution in [0.4, 0.5) is 0 Å². The molecule has 0 atom stereocenters. The Bertz CT molecular complexity index is 821. The van der Waals surface area contributed by atoms with E-state index in [1.807, 2.05) is 36.6 Å². The van der Waals surface area contributed by atoms with Crippen molar-refractivity contribution >= 4 is 55.0 Å². The van der Waals surface area contributed by atoms with Gasteiger partial charge in [0.2, 0.25) is 0 Å². The lowest BCUT2D eigenvalue weighted by Crippen LogP contribution is -2.01. The highest BCUT2D eigenvalue weighted by molar-refractivity contribution is 7.99. The maximum absolute atomic E-state index is 12.6. The molecule has 3 aromatic rings. The summed E-state index contributed by atoms with van der Waals surface area (Å²) >= 11 is 5.09. The molecule has 2 aromatic carbocycles. The first-order valence-electron chi connectivity index (χ1n) is 5.82. The van der Waals surface area contributed by atoms with Gasteiger partial charge in [0.05, 0.1) is 4.70 Å². The first kappa shape index (κ1) is 13.0. The Kier molecular flexibility index (Phi) is 3.56. The second kappa shape index (κ2) is 5.19. The molecular weight excluding hydrogens is 292 g/mol. The zero-order valence-electron chi connectivity index (χ0n) is 10.6. The van der Waals surface area contributed by atoms with E-state index in [-0.39, 0.29) is 5.43 Å². The van der Waals surface area contributed by atoms with Gasteiger partial charge in [0, 0.05) is 25.3 Å². The fourth-order valence-corrected chi connectivity index (χ4v) is 4.64. The Morgan fingerprint density at radius 3 is 2.53 bits per heavy atom. The van der Waals surface area contributed by atoms with Gasteiger partial charge in [-0.1, -0.05) is 12.1 Å². The minimum absolute atomic E-state index is 0.149. The van der Waals surface area contributed by atoms with Crippen LogP contribution in [-0.4, -0.2) is 12.5 Å². The summed E-state index contributed by atoms with van der Waals surface area (Å²) in [5.41, 5.74) is 0.149. The normalized spacial score (nSPS) is 11.3. The van der Waals surface area contributed by atoms with Crippen LogP contribution in [0.5, 0.6) is 0 Å². The molecule has 0 aliphatic carbocycles. The Labute approximate surface area is 124 Å². The maximum Gasteiger partial charge on any atom is 0.195 e. The molecule has 0 spiro atoms. The summed E-state index contributed by atoms with van der Waals surface area (Å²) in [5.74, 6) is 0. The molecule has 0 saturated heterocycles. The lowest BCUT2D eigenvalue weighted by Gasteiger charge is -2.07. The Hall–Kier alpha value is -0.970. The highest BCUT2D eigenvalue weighted by atomic mass is 32.2. The SMILES string of the molecule is CSc1cc(SC)c2sc3ccccc3c(=O)c2c1. The zero-order chi connectivity index (χ0) is 13.4. The van der Waals surface area contributed by atoms with Gasteiger partial charge < -0.3 is 0 Å². The van der Waals surface area contributed by atoms with Crippen LogP contribution < -0.4 is 5.43 Å². The van der Waals surface area contributed by atoms with E-state index in [9.17, 15) is 4.79 Å². The van der Waals surface area contributed by atoms with E-state index in [0.29, 0.717) is 0 Å². The van der Waals surface area contributed by atoms with Crippen molar-refractivity contribution in [1.29, 1.82) is 0 Å². The van der Waals surface area contributed by atoms with E-state index in [2.05, 4.69) is 12.3 Å². The molecule has 19 heavy (non-hydrogen) atoms. The molecule has 0 amide bonds. The molecule has 0 bridgehead atoms. The standard InChI is InChI=1S/C15H12OS3/c1-17-9-7-11-14(16)10-5-3-4-6-12(10)19-15(11)13(8-9)18-2/h3-8H,1-2H3. The van der Waals surface area contributed by atoms with Gasteiger partial charge >= 0.3 is 0 Å². The number of hydrogen-bond acceptors (Lipinski definition) is 4. The second-order valence-corrected chi connectivity index (χ2v) is 6.91. The first-order chi connectivity index (χ1) is 9.24. The topological polar surface area (TPSA) is 17.1 Å². The summed E-state index contributed by atoms with van der Waals surface area (Å²) in [4.78, 5) is 15.0. The van der Waals surface area contributed by atoms with Crippen LogP contribution >= 0.6 is 34.9 Å². The smallest absolute Gasteiger partial charge is 0.195 e. The highest BCUT2D eigenvalue weighted by Gasteiger charge is 2.10. The quantitative estimate of drug-likeness (QED) is 0.497.